The Balaban J connectivity index is 1.64. The van der Waals surface area contributed by atoms with E-state index in [0.717, 1.165) is 16.5 Å². The third-order valence-electron chi connectivity index (χ3n) is 6.41. The highest BCUT2D eigenvalue weighted by Gasteiger charge is 2.29. The number of amides is 4. The van der Waals surface area contributed by atoms with Crippen LogP contribution in [0, 0.1) is 0 Å². The van der Waals surface area contributed by atoms with E-state index in [1.807, 2.05) is 54.6 Å². The van der Waals surface area contributed by atoms with E-state index in [-0.39, 0.29) is 25.7 Å². The predicted octanol–water partition coefficient (Wildman–Crippen LogP) is 0.105. The molecule has 12 heteroatoms. The maximum absolute atomic E-state index is 13.1. The molecule has 212 valence electrons. The fraction of sp³-hybridized carbons (Fsp3) is 0.321. The first-order valence-corrected chi connectivity index (χ1v) is 12.8. The first kappa shape index (κ1) is 29.8. The molecule has 0 saturated carbocycles. The summed E-state index contributed by atoms with van der Waals surface area (Å²) in [6, 6.07) is 11.9. The maximum Gasteiger partial charge on any atom is 0.326 e. The number of fused-ring (bicyclic) bond motifs is 1. The molecule has 4 atom stereocenters. The molecule has 3 rings (SSSR count). The summed E-state index contributed by atoms with van der Waals surface area (Å²) in [5.41, 5.74) is 13.6. The van der Waals surface area contributed by atoms with Gasteiger partial charge in [0.05, 0.1) is 6.04 Å². The molecule has 0 saturated heterocycles. The summed E-state index contributed by atoms with van der Waals surface area (Å²) in [5, 5.41) is 18.0. The maximum atomic E-state index is 13.1. The van der Waals surface area contributed by atoms with Crippen LogP contribution < -0.4 is 27.4 Å². The molecule has 2 aromatic carbocycles. The minimum Gasteiger partial charge on any atom is -0.480 e. The van der Waals surface area contributed by atoms with Gasteiger partial charge in [-0.05, 0) is 37.0 Å². The summed E-state index contributed by atoms with van der Waals surface area (Å²) in [4.78, 5) is 64.9. The van der Waals surface area contributed by atoms with E-state index < -0.39 is 53.8 Å². The smallest absolute Gasteiger partial charge is 0.326 e. The number of carboxylic acids is 1. The molecule has 0 aliphatic heterocycles. The molecule has 4 unspecified atom stereocenters. The molecule has 3 aromatic rings. The number of benzene rings is 2. The van der Waals surface area contributed by atoms with Crippen molar-refractivity contribution in [2.24, 2.45) is 11.5 Å². The van der Waals surface area contributed by atoms with Crippen LogP contribution in [-0.4, -0.2) is 63.9 Å². The van der Waals surface area contributed by atoms with Crippen molar-refractivity contribution < 1.29 is 29.1 Å². The average molecular weight is 551 g/mol. The molecule has 0 fully saturated rings. The first-order valence-electron chi connectivity index (χ1n) is 12.8. The Bertz CT molecular complexity index is 1360. The number of para-hydroxylation sites is 1. The first-order chi connectivity index (χ1) is 19.0. The minimum atomic E-state index is -1.31. The van der Waals surface area contributed by atoms with Gasteiger partial charge in [0, 0.05) is 29.9 Å². The predicted molar refractivity (Wildman–Crippen MR) is 148 cm³/mol. The van der Waals surface area contributed by atoms with Gasteiger partial charge in [0.25, 0.3) is 0 Å². The van der Waals surface area contributed by atoms with Crippen LogP contribution in [-0.2, 0) is 36.8 Å². The summed E-state index contributed by atoms with van der Waals surface area (Å²) in [6.07, 6.45) is 1.51. The lowest BCUT2D eigenvalue weighted by Gasteiger charge is -2.23. The largest absolute Gasteiger partial charge is 0.480 e. The van der Waals surface area contributed by atoms with Crippen molar-refractivity contribution >= 4 is 40.5 Å². The van der Waals surface area contributed by atoms with Crippen LogP contribution in [0.15, 0.2) is 60.8 Å². The number of hydrogen-bond acceptors (Lipinski definition) is 6. The molecule has 12 nitrogen and oxygen atoms in total. The molecule has 0 spiro atoms. The molecule has 40 heavy (non-hydrogen) atoms. The number of aliphatic carboxylic acids is 1. The summed E-state index contributed by atoms with van der Waals surface area (Å²) in [6.45, 7) is 1.42. The van der Waals surface area contributed by atoms with E-state index in [1.165, 1.54) is 6.92 Å². The molecule has 0 aliphatic carbocycles. The number of rotatable bonds is 14. The van der Waals surface area contributed by atoms with Crippen LogP contribution >= 0.6 is 0 Å². The zero-order chi connectivity index (χ0) is 29.2. The number of aromatic nitrogens is 1. The zero-order valence-corrected chi connectivity index (χ0v) is 22.1. The number of aromatic amines is 1. The van der Waals surface area contributed by atoms with Crippen molar-refractivity contribution in [3.05, 3.63) is 71.9 Å². The van der Waals surface area contributed by atoms with E-state index in [4.69, 9.17) is 11.5 Å². The fourth-order valence-electron chi connectivity index (χ4n) is 4.19. The molecule has 1 aromatic heterocycles. The number of nitrogens with one attached hydrogen (secondary N) is 4. The van der Waals surface area contributed by atoms with Gasteiger partial charge in [-0.3, -0.25) is 19.2 Å². The van der Waals surface area contributed by atoms with E-state index in [1.54, 1.807) is 6.20 Å². The van der Waals surface area contributed by atoms with E-state index in [2.05, 4.69) is 20.9 Å². The Morgan fingerprint density at radius 3 is 2.17 bits per heavy atom. The third kappa shape index (κ3) is 8.40. The Morgan fingerprint density at radius 2 is 1.50 bits per heavy atom. The van der Waals surface area contributed by atoms with Crippen molar-refractivity contribution in [2.45, 2.75) is 56.8 Å². The van der Waals surface area contributed by atoms with Crippen LogP contribution in [0.5, 0.6) is 0 Å². The highest BCUT2D eigenvalue weighted by Crippen LogP contribution is 2.19. The highest BCUT2D eigenvalue weighted by molar-refractivity contribution is 5.94. The normalized spacial score (nSPS) is 13.9. The van der Waals surface area contributed by atoms with Gasteiger partial charge < -0.3 is 37.5 Å². The van der Waals surface area contributed by atoms with Crippen molar-refractivity contribution in [1.29, 1.82) is 0 Å². The minimum absolute atomic E-state index is 0.0205. The van der Waals surface area contributed by atoms with Crippen LogP contribution in [0.25, 0.3) is 10.9 Å². The fourth-order valence-corrected chi connectivity index (χ4v) is 4.19. The monoisotopic (exact) mass is 550 g/mol. The number of hydrogen-bond donors (Lipinski definition) is 7. The lowest BCUT2D eigenvalue weighted by molar-refractivity contribution is -0.142. The SMILES string of the molecule is CC(NC(=O)C(N)Cc1ccccc1)C(=O)NC(CCC(N)=O)C(=O)NC(Cc1c[nH]c2ccccc12)C(=O)O. The third-order valence-corrected chi connectivity index (χ3v) is 6.41. The van der Waals surface area contributed by atoms with Crippen LogP contribution in [0.4, 0.5) is 0 Å². The van der Waals surface area contributed by atoms with Gasteiger partial charge in [0.2, 0.25) is 23.6 Å². The van der Waals surface area contributed by atoms with Gasteiger partial charge in [-0.25, -0.2) is 4.79 Å². The zero-order valence-electron chi connectivity index (χ0n) is 22.1. The summed E-state index contributed by atoms with van der Waals surface area (Å²) >= 11 is 0. The molecular formula is C28H34N6O6. The Hall–Kier alpha value is -4.71. The van der Waals surface area contributed by atoms with Crippen molar-refractivity contribution in [2.75, 3.05) is 0 Å². The van der Waals surface area contributed by atoms with E-state index in [9.17, 15) is 29.1 Å². The van der Waals surface area contributed by atoms with Gasteiger partial charge in [0.15, 0.2) is 0 Å². The van der Waals surface area contributed by atoms with Crippen LogP contribution in [0.3, 0.4) is 0 Å². The van der Waals surface area contributed by atoms with Crippen LogP contribution in [0.2, 0.25) is 0 Å². The van der Waals surface area contributed by atoms with E-state index in [0.29, 0.717) is 5.56 Å². The average Bonchev–Trinajstić information content (AvgIpc) is 3.33. The van der Waals surface area contributed by atoms with Crippen molar-refractivity contribution in [3.8, 4) is 0 Å². The molecule has 9 N–H and O–H groups in total. The molecule has 0 bridgehead atoms. The molecule has 1 heterocycles. The van der Waals surface area contributed by atoms with Gasteiger partial charge in [0.1, 0.15) is 18.1 Å². The van der Waals surface area contributed by atoms with Gasteiger partial charge >= 0.3 is 5.97 Å². The second-order valence-corrected chi connectivity index (χ2v) is 9.56. The quantitative estimate of drug-likeness (QED) is 0.147. The van der Waals surface area contributed by atoms with E-state index >= 15 is 0 Å². The number of primary amides is 1. The highest BCUT2D eigenvalue weighted by atomic mass is 16.4. The lowest BCUT2D eigenvalue weighted by Crippen LogP contribution is -2.56. The summed E-state index contributed by atoms with van der Waals surface area (Å²) in [5.74, 6) is -4.05. The Kier molecular flexibility index (Phi) is 10.4. The molecular weight excluding hydrogens is 516 g/mol. The molecule has 0 aliphatic rings. The van der Waals surface area contributed by atoms with Gasteiger partial charge in [-0.1, -0.05) is 48.5 Å². The number of H-pyrrole nitrogens is 1. The molecule has 0 radical (unpaired) electrons. The summed E-state index contributed by atoms with van der Waals surface area (Å²) in [7, 11) is 0. The van der Waals surface area contributed by atoms with Gasteiger partial charge in [-0.15, -0.1) is 0 Å². The van der Waals surface area contributed by atoms with Crippen LogP contribution in [0.1, 0.15) is 30.9 Å². The number of carboxylic acid groups (broad SMARTS) is 1. The van der Waals surface area contributed by atoms with Gasteiger partial charge in [-0.2, -0.15) is 0 Å². The topological polar surface area (TPSA) is 209 Å². The number of nitrogens with two attached hydrogens (primary N) is 2. The lowest BCUT2D eigenvalue weighted by atomic mass is 10.0. The Labute approximate surface area is 230 Å². The molecule has 4 amide bonds. The Morgan fingerprint density at radius 1 is 0.850 bits per heavy atom. The van der Waals surface area contributed by atoms with Crippen molar-refractivity contribution in [3.63, 3.8) is 0 Å². The van der Waals surface area contributed by atoms with Crippen molar-refractivity contribution in [1.82, 2.24) is 20.9 Å². The summed E-state index contributed by atoms with van der Waals surface area (Å²) < 4.78 is 0. The number of carbonyl (C=O) groups is 5. The second kappa shape index (κ2) is 13.9. The number of carbonyl (C=O) groups excluding carboxylic acids is 4. The standard InChI is InChI=1S/C28H34N6O6/c1-16(32-26(37)20(29)13-17-7-3-2-4-8-17)25(36)33-22(11-12-24(30)35)27(38)34-23(28(39)40)14-18-15-31-21-10-6-5-9-19(18)21/h2-10,15-16,20,22-23,31H,11-14,29H2,1H3,(H2,30,35)(H,32,37)(H,33,36)(H,34,38)(H,39,40). The second-order valence-electron chi connectivity index (χ2n) is 9.56.